The lowest BCUT2D eigenvalue weighted by Crippen LogP contribution is -2.15. The molecule has 3 heterocycles. The van der Waals surface area contributed by atoms with Crippen LogP contribution in [0, 0.1) is 0 Å². The molecule has 3 aromatic heterocycles. The minimum atomic E-state index is -0.175. The molecule has 8 nitrogen and oxygen atoms in total. The Morgan fingerprint density at radius 3 is 2.85 bits per heavy atom. The predicted octanol–water partition coefficient (Wildman–Crippen LogP) is 3.07. The van der Waals surface area contributed by atoms with E-state index in [4.69, 9.17) is 16.1 Å². The van der Waals surface area contributed by atoms with Crippen molar-refractivity contribution < 1.29 is 4.52 Å². The molecule has 0 saturated heterocycles. The lowest BCUT2D eigenvalue weighted by atomic mass is 10.2. The Morgan fingerprint density at radius 2 is 2.07 bits per heavy atom. The van der Waals surface area contributed by atoms with Crippen molar-refractivity contribution in [1.29, 1.82) is 0 Å². The molecule has 0 atom stereocenters. The normalized spacial score (nSPS) is 11.2. The molecule has 138 valence electrons. The van der Waals surface area contributed by atoms with E-state index in [1.165, 1.54) is 21.9 Å². The Morgan fingerprint density at radius 1 is 1.26 bits per heavy atom. The summed E-state index contributed by atoms with van der Waals surface area (Å²) in [6.07, 6.45) is 1.23. The highest BCUT2D eigenvalue weighted by Gasteiger charge is 2.11. The maximum atomic E-state index is 12.0. The van der Waals surface area contributed by atoms with Gasteiger partial charge in [-0.1, -0.05) is 35.0 Å². The fraction of sp³-hybridized carbons (Fsp3) is 0.235. The second-order valence-electron chi connectivity index (χ2n) is 5.74. The van der Waals surface area contributed by atoms with Gasteiger partial charge in [-0.2, -0.15) is 9.50 Å². The Bertz CT molecular complexity index is 1130. The number of aryl methyl sites for hydroxylation is 1. The highest BCUT2D eigenvalue weighted by molar-refractivity contribution is 7.20. The molecule has 0 aliphatic carbocycles. The number of hydrogen-bond donors (Lipinski definition) is 1. The van der Waals surface area contributed by atoms with Crippen LogP contribution in [0.2, 0.25) is 5.02 Å². The monoisotopic (exact) mass is 402 g/mol. The van der Waals surface area contributed by atoms with E-state index < -0.39 is 0 Å². The van der Waals surface area contributed by atoms with Crippen LogP contribution in [-0.4, -0.2) is 31.3 Å². The van der Waals surface area contributed by atoms with Crippen molar-refractivity contribution in [3.8, 4) is 11.4 Å². The third-order valence-electron chi connectivity index (χ3n) is 3.85. The largest absolute Gasteiger partial charge is 0.360 e. The minimum absolute atomic E-state index is 0.175. The average molecular weight is 403 g/mol. The van der Waals surface area contributed by atoms with Crippen LogP contribution in [0.3, 0.4) is 0 Å². The first-order valence-electron chi connectivity index (χ1n) is 8.34. The van der Waals surface area contributed by atoms with Gasteiger partial charge in [-0.25, -0.2) is 4.98 Å². The van der Waals surface area contributed by atoms with Crippen molar-refractivity contribution in [2.45, 2.75) is 19.8 Å². The summed E-state index contributed by atoms with van der Waals surface area (Å²) in [7, 11) is 0. The van der Waals surface area contributed by atoms with Gasteiger partial charge in [-0.05, 0) is 30.7 Å². The highest BCUT2D eigenvalue weighted by atomic mass is 35.5. The number of nitrogens with zero attached hydrogens (tertiary/aromatic N) is 5. The van der Waals surface area contributed by atoms with Crippen molar-refractivity contribution >= 4 is 33.0 Å². The van der Waals surface area contributed by atoms with Gasteiger partial charge in [0.05, 0.1) is 0 Å². The van der Waals surface area contributed by atoms with E-state index >= 15 is 0 Å². The van der Waals surface area contributed by atoms with Crippen molar-refractivity contribution in [2.75, 3.05) is 11.9 Å². The summed E-state index contributed by atoms with van der Waals surface area (Å²) in [5, 5.41) is 12.7. The molecule has 4 rings (SSSR count). The number of fused-ring (bicyclic) bond motifs is 1. The number of aromatic nitrogens is 5. The van der Waals surface area contributed by atoms with Crippen LogP contribution in [0.15, 0.2) is 39.6 Å². The first-order valence-corrected chi connectivity index (χ1v) is 9.54. The Kier molecular flexibility index (Phi) is 4.87. The van der Waals surface area contributed by atoms with Crippen molar-refractivity contribution in [3.05, 3.63) is 57.3 Å². The molecule has 0 amide bonds. The van der Waals surface area contributed by atoms with Gasteiger partial charge in [0, 0.05) is 35.3 Å². The molecule has 10 heteroatoms. The molecule has 4 aromatic rings. The maximum absolute atomic E-state index is 12.0. The molecule has 27 heavy (non-hydrogen) atoms. The van der Waals surface area contributed by atoms with Gasteiger partial charge >= 0.3 is 0 Å². The Hall–Kier alpha value is -2.78. The minimum Gasteiger partial charge on any atom is -0.360 e. The average Bonchev–Trinajstić information content (AvgIpc) is 3.29. The second kappa shape index (κ2) is 7.45. The lowest BCUT2D eigenvalue weighted by molar-refractivity contribution is 0.381. The van der Waals surface area contributed by atoms with Crippen LogP contribution < -0.4 is 10.9 Å². The molecule has 0 radical (unpaired) electrons. The molecular weight excluding hydrogens is 388 g/mol. The third-order valence-corrected chi connectivity index (χ3v) is 4.96. The predicted molar refractivity (Wildman–Crippen MR) is 103 cm³/mol. The molecule has 0 unspecified atom stereocenters. The summed E-state index contributed by atoms with van der Waals surface area (Å²) in [6, 6.07) is 8.74. The van der Waals surface area contributed by atoms with E-state index in [9.17, 15) is 4.79 Å². The molecule has 0 bridgehead atoms. The van der Waals surface area contributed by atoms with E-state index in [1.807, 2.05) is 19.1 Å². The van der Waals surface area contributed by atoms with E-state index in [0.29, 0.717) is 46.2 Å². The lowest BCUT2D eigenvalue weighted by Gasteiger charge is -1.97. The first kappa shape index (κ1) is 17.6. The van der Waals surface area contributed by atoms with Crippen molar-refractivity contribution in [2.24, 2.45) is 0 Å². The van der Waals surface area contributed by atoms with Crippen LogP contribution in [0.25, 0.3) is 16.3 Å². The summed E-state index contributed by atoms with van der Waals surface area (Å²) in [4.78, 5) is 21.4. The fourth-order valence-corrected chi connectivity index (χ4v) is 3.43. The van der Waals surface area contributed by atoms with E-state index in [2.05, 4.69) is 25.5 Å². The van der Waals surface area contributed by atoms with Gasteiger partial charge in [0.1, 0.15) is 0 Å². The van der Waals surface area contributed by atoms with Crippen molar-refractivity contribution in [3.63, 3.8) is 0 Å². The third kappa shape index (κ3) is 3.83. The van der Waals surface area contributed by atoms with Gasteiger partial charge in [-0.15, -0.1) is 5.10 Å². The first-order chi connectivity index (χ1) is 13.1. The molecule has 0 fully saturated rings. The zero-order valence-corrected chi connectivity index (χ0v) is 15.9. The van der Waals surface area contributed by atoms with E-state index in [0.717, 1.165) is 11.3 Å². The molecular formula is C17H15ClN6O2S. The Labute approximate surface area is 162 Å². The summed E-state index contributed by atoms with van der Waals surface area (Å²) in [5.41, 5.74) is 1.42. The highest BCUT2D eigenvalue weighted by Crippen LogP contribution is 2.19. The van der Waals surface area contributed by atoms with Crippen LogP contribution in [0.4, 0.5) is 5.13 Å². The van der Waals surface area contributed by atoms with Gasteiger partial charge in [-0.3, -0.25) is 4.79 Å². The van der Waals surface area contributed by atoms with Crippen molar-refractivity contribution in [1.82, 2.24) is 24.7 Å². The summed E-state index contributed by atoms with van der Waals surface area (Å²) < 4.78 is 6.58. The van der Waals surface area contributed by atoms with Gasteiger partial charge in [0.2, 0.25) is 21.8 Å². The van der Waals surface area contributed by atoms with E-state index in [1.54, 1.807) is 12.1 Å². The van der Waals surface area contributed by atoms with Crippen LogP contribution in [0.1, 0.15) is 18.5 Å². The summed E-state index contributed by atoms with van der Waals surface area (Å²) >= 11 is 7.21. The zero-order chi connectivity index (χ0) is 18.8. The number of anilines is 1. The molecule has 0 aliphatic rings. The standard InChI is InChI=1S/C17H15ClN6O2S/c1-2-12-9-14(25)24-17(20-12)27-16(22-24)19-8-7-13-21-15(23-26-13)10-3-5-11(18)6-4-10/h3-6,9H,2,7-8H2,1H3,(H,19,22). The molecule has 1 aromatic carbocycles. The van der Waals surface area contributed by atoms with Crippen LogP contribution in [-0.2, 0) is 12.8 Å². The number of hydrogen-bond acceptors (Lipinski definition) is 8. The Balaban J connectivity index is 1.41. The van der Waals surface area contributed by atoms with Crippen LogP contribution in [0.5, 0.6) is 0 Å². The van der Waals surface area contributed by atoms with Gasteiger partial charge in [0.15, 0.2) is 0 Å². The molecule has 0 aliphatic heterocycles. The summed E-state index contributed by atoms with van der Waals surface area (Å²) in [5.74, 6) is 1.03. The number of halogens is 1. The second-order valence-corrected chi connectivity index (χ2v) is 7.13. The van der Waals surface area contributed by atoms with E-state index in [-0.39, 0.29) is 5.56 Å². The molecule has 1 N–H and O–H groups in total. The molecule has 0 saturated carbocycles. The fourth-order valence-electron chi connectivity index (χ4n) is 2.46. The smallest absolute Gasteiger partial charge is 0.275 e. The number of benzene rings is 1. The number of nitrogens with one attached hydrogen (secondary N) is 1. The zero-order valence-electron chi connectivity index (χ0n) is 14.3. The quantitative estimate of drug-likeness (QED) is 0.529. The maximum Gasteiger partial charge on any atom is 0.275 e. The molecule has 0 spiro atoms. The van der Waals surface area contributed by atoms with Crippen LogP contribution >= 0.6 is 22.9 Å². The topological polar surface area (TPSA) is 98.2 Å². The SMILES string of the molecule is CCc1cc(=O)n2nc(NCCc3nc(-c4ccc(Cl)cc4)no3)sc2n1. The number of rotatable bonds is 6. The van der Waals surface area contributed by atoms with Gasteiger partial charge in [0.25, 0.3) is 5.56 Å². The van der Waals surface area contributed by atoms with Gasteiger partial charge < -0.3 is 9.84 Å². The summed E-state index contributed by atoms with van der Waals surface area (Å²) in [6.45, 7) is 2.50.